The van der Waals surface area contributed by atoms with Crippen LogP contribution >= 0.6 is 0 Å². The fourth-order valence-corrected chi connectivity index (χ4v) is 3.06. The first-order chi connectivity index (χ1) is 10.7. The highest BCUT2D eigenvalue weighted by atomic mass is 32.2. The molecule has 1 amide bonds. The summed E-state index contributed by atoms with van der Waals surface area (Å²) < 4.78 is 27.4. The van der Waals surface area contributed by atoms with E-state index in [1.165, 1.54) is 46.0 Å². The second-order valence-corrected chi connectivity index (χ2v) is 9.31. The minimum Gasteiger partial charge on any atom is -0.415 e. The van der Waals surface area contributed by atoms with Gasteiger partial charge in [-0.15, -0.1) is 10.2 Å². The maximum Gasteiger partial charge on any atom is 0.308 e. The first-order valence-corrected chi connectivity index (χ1v) is 9.93. The zero-order valence-corrected chi connectivity index (χ0v) is 14.8. The van der Waals surface area contributed by atoms with Crippen LogP contribution in [0.3, 0.4) is 0 Å². The van der Waals surface area contributed by atoms with Crippen molar-refractivity contribution in [2.45, 2.75) is 57.1 Å². The van der Waals surface area contributed by atoms with Gasteiger partial charge >= 0.3 is 11.8 Å². The molecule has 1 saturated carbocycles. The number of amides is 1. The third-order valence-electron chi connectivity index (χ3n) is 4.62. The fraction of sp³-hybridized carbons (Fsp3) is 0.800. The average Bonchev–Trinajstić information content (AvgIpc) is 2.97. The number of carbonyl (C=O) groups excluding carboxylic acids is 1. The Morgan fingerprint density at radius 3 is 2.52 bits per heavy atom. The molecule has 1 aromatic rings. The van der Waals surface area contributed by atoms with E-state index in [0.717, 1.165) is 12.7 Å². The number of nitrogens with zero attached hydrogens (tertiary/aromatic N) is 2. The molecule has 0 radical (unpaired) electrons. The summed E-state index contributed by atoms with van der Waals surface area (Å²) in [5.41, 5.74) is 0. The van der Waals surface area contributed by atoms with Crippen molar-refractivity contribution in [1.82, 2.24) is 15.5 Å². The number of sulfone groups is 1. The van der Waals surface area contributed by atoms with Gasteiger partial charge in [0.05, 0.1) is 0 Å². The van der Waals surface area contributed by atoms with Crippen molar-refractivity contribution in [3.63, 3.8) is 0 Å². The SMILES string of the molecule is CC(C)(c1nnc(C(=O)NCCC2CCCCC2)o1)S(C)(=O)=O. The molecule has 1 aliphatic rings. The number of carbonyl (C=O) groups is 1. The highest BCUT2D eigenvalue weighted by Gasteiger charge is 2.38. The van der Waals surface area contributed by atoms with Gasteiger partial charge in [-0.2, -0.15) is 0 Å². The van der Waals surface area contributed by atoms with Crippen LogP contribution in [0.5, 0.6) is 0 Å². The zero-order chi connectivity index (χ0) is 17.1. The summed E-state index contributed by atoms with van der Waals surface area (Å²) in [6, 6.07) is 0. The quantitative estimate of drug-likeness (QED) is 0.848. The predicted octanol–water partition coefficient (Wildman–Crippen LogP) is 2.05. The van der Waals surface area contributed by atoms with Crippen LogP contribution in [-0.4, -0.2) is 37.3 Å². The summed E-state index contributed by atoms with van der Waals surface area (Å²) in [6.07, 6.45) is 8.34. The lowest BCUT2D eigenvalue weighted by molar-refractivity contribution is 0.0913. The van der Waals surface area contributed by atoms with Crippen LogP contribution in [0.2, 0.25) is 0 Å². The fourth-order valence-electron chi connectivity index (χ4n) is 2.66. The molecule has 0 atom stereocenters. The molecule has 0 saturated heterocycles. The van der Waals surface area contributed by atoms with Gasteiger partial charge in [-0.3, -0.25) is 4.79 Å². The van der Waals surface area contributed by atoms with Gasteiger partial charge in [0, 0.05) is 12.8 Å². The van der Waals surface area contributed by atoms with Gasteiger partial charge in [0.15, 0.2) is 9.84 Å². The molecule has 1 N–H and O–H groups in total. The van der Waals surface area contributed by atoms with Gasteiger partial charge in [-0.1, -0.05) is 32.1 Å². The second-order valence-electron chi connectivity index (χ2n) is 6.74. The normalized spacial score (nSPS) is 17.2. The van der Waals surface area contributed by atoms with Gasteiger partial charge < -0.3 is 9.73 Å². The number of aromatic nitrogens is 2. The molecule has 7 nitrogen and oxygen atoms in total. The Hall–Kier alpha value is -1.44. The third kappa shape index (κ3) is 4.31. The van der Waals surface area contributed by atoms with Crippen molar-refractivity contribution in [2.75, 3.05) is 12.8 Å². The van der Waals surface area contributed by atoms with Crippen LogP contribution in [0.1, 0.15) is 68.9 Å². The molecule has 0 spiro atoms. The molecule has 8 heteroatoms. The topological polar surface area (TPSA) is 102 Å². The highest BCUT2D eigenvalue weighted by Crippen LogP contribution is 2.28. The van der Waals surface area contributed by atoms with E-state index < -0.39 is 20.5 Å². The average molecular weight is 343 g/mol. The smallest absolute Gasteiger partial charge is 0.308 e. The molecule has 0 aromatic carbocycles. The van der Waals surface area contributed by atoms with Crippen LogP contribution in [0.25, 0.3) is 0 Å². The summed E-state index contributed by atoms with van der Waals surface area (Å²) in [4.78, 5) is 12.0. The van der Waals surface area contributed by atoms with Crippen molar-refractivity contribution in [3.05, 3.63) is 11.8 Å². The molecule has 0 bridgehead atoms. The van der Waals surface area contributed by atoms with E-state index in [9.17, 15) is 13.2 Å². The first-order valence-electron chi connectivity index (χ1n) is 8.03. The Morgan fingerprint density at radius 1 is 1.26 bits per heavy atom. The molecule has 23 heavy (non-hydrogen) atoms. The molecule has 1 heterocycles. The largest absolute Gasteiger partial charge is 0.415 e. The van der Waals surface area contributed by atoms with Gasteiger partial charge in [0.1, 0.15) is 4.75 Å². The Morgan fingerprint density at radius 2 is 1.91 bits per heavy atom. The van der Waals surface area contributed by atoms with Crippen LogP contribution in [0, 0.1) is 5.92 Å². The monoisotopic (exact) mass is 343 g/mol. The van der Waals surface area contributed by atoms with Crippen LogP contribution < -0.4 is 5.32 Å². The van der Waals surface area contributed by atoms with Crippen LogP contribution in [0.15, 0.2) is 4.42 Å². The summed E-state index contributed by atoms with van der Waals surface area (Å²) in [6.45, 7) is 3.51. The Kier molecular flexibility index (Phi) is 5.44. The van der Waals surface area contributed by atoms with Gasteiger partial charge in [-0.05, 0) is 26.2 Å². The third-order valence-corrected chi connectivity index (χ3v) is 6.65. The van der Waals surface area contributed by atoms with Gasteiger partial charge in [0.2, 0.25) is 5.89 Å². The van der Waals surface area contributed by atoms with Crippen LogP contribution in [0.4, 0.5) is 0 Å². The lowest BCUT2D eigenvalue weighted by Gasteiger charge is -2.21. The van der Waals surface area contributed by atoms with Crippen molar-refractivity contribution in [1.29, 1.82) is 0 Å². The first kappa shape index (κ1) is 17.9. The van der Waals surface area contributed by atoms with E-state index in [-0.39, 0.29) is 11.8 Å². The van der Waals surface area contributed by atoms with E-state index in [2.05, 4.69) is 15.5 Å². The van der Waals surface area contributed by atoms with Crippen molar-refractivity contribution in [3.8, 4) is 0 Å². The second kappa shape index (κ2) is 6.98. The molecule has 0 unspecified atom stereocenters. The summed E-state index contributed by atoms with van der Waals surface area (Å²) in [7, 11) is -3.43. The molecule has 130 valence electrons. The molecule has 1 aromatic heterocycles. The van der Waals surface area contributed by atoms with Gasteiger partial charge in [-0.25, -0.2) is 8.42 Å². The number of hydrogen-bond donors (Lipinski definition) is 1. The van der Waals surface area contributed by atoms with Crippen molar-refractivity contribution >= 4 is 15.7 Å². The molecule has 0 aliphatic heterocycles. The van der Waals surface area contributed by atoms with Crippen molar-refractivity contribution < 1.29 is 17.6 Å². The van der Waals surface area contributed by atoms with E-state index in [4.69, 9.17) is 4.42 Å². The van der Waals surface area contributed by atoms with E-state index in [1.807, 2.05) is 0 Å². The minimum atomic E-state index is -3.43. The van der Waals surface area contributed by atoms with Crippen LogP contribution in [-0.2, 0) is 14.6 Å². The van der Waals surface area contributed by atoms with E-state index >= 15 is 0 Å². The lowest BCUT2D eigenvalue weighted by Crippen LogP contribution is -2.28. The molecule has 1 fully saturated rings. The maximum absolute atomic E-state index is 12.0. The molecule has 2 rings (SSSR count). The number of nitrogens with one attached hydrogen (secondary N) is 1. The molecular formula is C15H25N3O4S. The maximum atomic E-state index is 12.0. The Labute approximate surface area is 137 Å². The lowest BCUT2D eigenvalue weighted by atomic mass is 9.87. The van der Waals surface area contributed by atoms with Crippen molar-refractivity contribution in [2.24, 2.45) is 5.92 Å². The summed E-state index contributed by atoms with van der Waals surface area (Å²) in [5, 5.41) is 10.1. The number of hydrogen-bond acceptors (Lipinski definition) is 6. The number of rotatable bonds is 6. The highest BCUT2D eigenvalue weighted by molar-refractivity contribution is 7.91. The van der Waals surface area contributed by atoms with E-state index in [0.29, 0.717) is 12.5 Å². The summed E-state index contributed by atoms with van der Waals surface area (Å²) in [5.74, 6) is -0.0480. The summed E-state index contributed by atoms with van der Waals surface area (Å²) >= 11 is 0. The molecular weight excluding hydrogens is 318 g/mol. The zero-order valence-electron chi connectivity index (χ0n) is 14.0. The van der Waals surface area contributed by atoms with E-state index in [1.54, 1.807) is 0 Å². The molecule has 1 aliphatic carbocycles. The standard InChI is InChI=1S/C15H25N3O4S/c1-15(2,23(3,20)21)14-18-17-13(22-14)12(19)16-10-9-11-7-5-4-6-8-11/h11H,4-10H2,1-3H3,(H,16,19). The Bertz CT molecular complexity index is 645. The Balaban J connectivity index is 1.91. The predicted molar refractivity (Wildman–Crippen MR) is 85.7 cm³/mol. The minimum absolute atomic E-state index is 0.0718. The van der Waals surface area contributed by atoms with Gasteiger partial charge in [0.25, 0.3) is 0 Å².